The third-order valence-electron chi connectivity index (χ3n) is 3.96. The average Bonchev–Trinajstić information content (AvgIpc) is 2.80. The van der Waals surface area contributed by atoms with E-state index >= 15 is 0 Å². The summed E-state index contributed by atoms with van der Waals surface area (Å²) in [7, 11) is 0. The van der Waals surface area contributed by atoms with Crippen LogP contribution in [0.1, 0.15) is 26.3 Å². The molecule has 0 saturated carbocycles. The molecule has 116 valence electrons. The summed E-state index contributed by atoms with van der Waals surface area (Å²) in [4.78, 5) is 18.2. The fourth-order valence-corrected chi connectivity index (χ4v) is 2.85. The molecule has 1 aromatic heterocycles. The highest BCUT2D eigenvalue weighted by molar-refractivity contribution is 5.84. The Labute approximate surface area is 125 Å². The minimum Gasteiger partial charge on any atom is -0.391 e. The molecule has 1 aromatic rings. The third kappa shape index (κ3) is 3.80. The van der Waals surface area contributed by atoms with E-state index < -0.39 is 11.7 Å². The predicted octanol–water partition coefficient (Wildman–Crippen LogP) is 1.26. The fraction of sp³-hybridized carbons (Fsp3) is 0.625. The zero-order chi connectivity index (χ0) is 15.5. The quantitative estimate of drug-likeness (QED) is 0.887. The maximum atomic E-state index is 12.5. The lowest BCUT2D eigenvalue weighted by atomic mass is 9.97. The number of carbonyl (C=O) groups is 1. The Bertz CT molecular complexity index is 476. The minimum absolute atomic E-state index is 0.0550. The van der Waals surface area contributed by atoms with Crippen LogP contribution in [-0.2, 0) is 16.0 Å². The molecule has 0 aromatic carbocycles. The highest BCUT2D eigenvalue weighted by Gasteiger charge is 2.40. The largest absolute Gasteiger partial charge is 0.391 e. The van der Waals surface area contributed by atoms with E-state index in [9.17, 15) is 9.90 Å². The van der Waals surface area contributed by atoms with Crippen molar-refractivity contribution >= 4 is 5.91 Å². The van der Waals surface area contributed by atoms with E-state index in [1.54, 1.807) is 31.1 Å². The molecule has 1 aliphatic rings. The average molecular weight is 292 g/mol. The molecule has 5 heteroatoms. The maximum absolute atomic E-state index is 12.5. The number of aliphatic hydroxyl groups is 1. The summed E-state index contributed by atoms with van der Waals surface area (Å²) < 4.78 is 5.51. The van der Waals surface area contributed by atoms with Gasteiger partial charge < -0.3 is 14.7 Å². The van der Waals surface area contributed by atoms with Gasteiger partial charge in [0.2, 0.25) is 0 Å². The van der Waals surface area contributed by atoms with E-state index in [1.165, 1.54) is 0 Å². The van der Waals surface area contributed by atoms with Gasteiger partial charge >= 0.3 is 0 Å². The number of ether oxygens (including phenoxy) is 1. The Morgan fingerprint density at radius 2 is 2.10 bits per heavy atom. The number of aliphatic hydroxyl groups excluding tert-OH is 1. The van der Waals surface area contributed by atoms with Gasteiger partial charge in [-0.2, -0.15) is 0 Å². The van der Waals surface area contributed by atoms with E-state index in [0.717, 1.165) is 12.0 Å². The smallest absolute Gasteiger partial charge is 0.254 e. The topological polar surface area (TPSA) is 62.7 Å². The number of amides is 1. The highest BCUT2D eigenvalue weighted by Crippen LogP contribution is 2.24. The van der Waals surface area contributed by atoms with Crippen LogP contribution >= 0.6 is 0 Å². The first kappa shape index (κ1) is 15.9. The zero-order valence-corrected chi connectivity index (χ0v) is 13.0. The van der Waals surface area contributed by atoms with Gasteiger partial charge in [-0.05, 0) is 44.9 Å². The number of likely N-dealkylation sites (tertiary alicyclic amines) is 1. The number of β-amino-alcohol motifs (C(OH)–C–C–N with tert-alkyl or cyclic N) is 1. The molecule has 0 unspecified atom stereocenters. The number of carbonyl (C=O) groups excluding carboxylic acids is 1. The van der Waals surface area contributed by atoms with Crippen molar-refractivity contribution in [2.75, 3.05) is 19.7 Å². The second-order valence-electron chi connectivity index (χ2n) is 6.04. The lowest BCUT2D eigenvalue weighted by molar-refractivity contribution is -0.153. The Hall–Kier alpha value is -1.46. The fourth-order valence-electron chi connectivity index (χ4n) is 2.85. The Kier molecular flexibility index (Phi) is 4.96. The van der Waals surface area contributed by atoms with E-state index in [-0.39, 0.29) is 11.8 Å². The first-order chi connectivity index (χ1) is 9.94. The molecule has 21 heavy (non-hydrogen) atoms. The standard InChI is InChI=1S/C16H24N2O3/c1-4-21-16(2,3)15(20)18-10-13(14(19)11-18)9-12-5-7-17-8-6-12/h5-8,13-14,19H,4,9-11H2,1-3H3/t13-,14+/m1/s1. The molecule has 1 N–H and O–H groups in total. The molecule has 2 rings (SSSR count). The van der Waals surface area contributed by atoms with Crippen LogP contribution in [0.15, 0.2) is 24.5 Å². The molecule has 0 radical (unpaired) electrons. The van der Waals surface area contributed by atoms with Gasteiger partial charge in [-0.1, -0.05) is 0 Å². The van der Waals surface area contributed by atoms with Crippen molar-refractivity contribution in [2.24, 2.45) is 5.92 Å². The van der Waals surface area contributed by atoms with Gasteiger partial charge in [0.1, 0.15) is 5.60 Å². The number of hydrogen-bond donors (Lipinski definition) is 1. The van der Waals surface area contributed by atoms with Gasteiger partial charge in [-0.15, -0.1) is 0 Å². The van der Waals surface area contributed by atoms with Crippen molar-refractivity contribution in [1.29, 1.82) is 0 Å². The predicted molar refractivity (Wildman–Crippen MR) is 79.7 cm³/mol. The first-order valence-electron chi connectivity index (χ1n) is 7.44. The lowest BCUT2D eigenvalue weighted by Gasteiger charge is -2.29. The first-order valence-corrected chi connectivity index (χ1v) is 7.44. The van der Waals surface area contributed by atoms with E-state index in [2.05, 4.69) is 4.98 Å². The molecule has 2 atom stereocenters. The van der Waals surface area contributed by atoms with Crippen LogP contribution in [0.5, 0.6) is 0 Å². The number of rotatable bonds is 5. The molecule has 0 bridgehead atoms. The molecule has 2 heterocycles. The van der Waals surface area contributed by atoms with Crippen LogP contribution in [0.2, 0.25) is 0 Å². The van der Waals surface area contributed by atoms with Crippen LogP contribution in [-0.4, -0.2) is 52.3 Å². The van der Waals surface area contributed by atoms with Gasteiger partial charge in [0.15, 0.2) is 0 Å². The summed E-state index contributed by atoms with van der Waals surface area (Å²) in [6, 6.07) is 3.89. The van der Waals surface area contributed by atoms with Crippen LogP contribution in [0.25, 0.3) is 0 Å². The van der Waals surface area contributed by atoms with Gasteiger partial charge in [-0.25, -0.2) is 0 Å². The Morgan fingerprint density at radius 1 is 1.43 bits per heavy atom. The van der Waals surface area contributed by atoms with Crippen LogP contribution in [0.4, 0.5) is 0 Å². The van der Waals surface area contributed by atoms with E-state index in [4.69, 9.17) is 4.74 Å². The molecule has 0 aliphatic carbocycles. The summed E-state index contributed by atoms with van der Waals surface area (Å²) in [5, 5.41) is 10.2. The van der Waals surface area contributed by atoms with Gasteiger partial charge in [0, 0.05) is 38.0 Å². The van der Waals surface area contributed by atoms with Crippen molar-refractivity contribution in [2.45, 2.75) is 38.9 Å². The lowest BCUT2D eigenvalue weighted by Crippen LogP contribution is -2.46. The van der Waals surface area contributed by atoms with Crippen molar-refractivity contribution in [3.05, 3.63) is 30.1 Å². The summed E-state index contributed by atoms with van der Waals surface area (Å²) >= 11 is 0. The van der Waals surface area contributed by atoms with Crippen LogP contribution in [0.3, 0.4) is 0 Å². The molecule has 1 amide bonds. The Balaban J connectivity index is 1.99. The summed E-state index contributed by atoms with van der Waals surface area (Å²) in [5.74, 6) is 0.00871. The molecular formula is C16H24N2O3. The van der Waals surface area contributed by atoms with Crippen molar-refractivity contribution in [1.82, 2.24) is 9.88 Å². The third-order valence-corrected chi connectivity index (χ3v) is 3.96. The molecular weight excluding hydrogens is 268 g/mol. The highest BCUT2D eigenvalue weighted by atomic mass is 16.5. The molecule has 5 nitrogen and oxygen atoms in total. The van der Waals surface area contributed by atoms with Crippen molar-refractivity contribution < 1.29 is 14.6 Å². The van der Waals surface area contributed by atoms with Gasteiger partial charge in [0.05, 0.1) is 6.10 Å². The van der Waals surface area contributed by atoms with Crippen LogP contribution in [0, 0.1) is 5.92 Å². The summed E-state index contributed by atoms with van der Waals surface area (Å²) in [6.45, 7) is 6.88. The molecule has 1 saturated heterocycles. The summed E-state index contributed by atoms with van der Waals surface area (Å²) in [5.41, 5.74) is 0.299. The summed E-state index contributed by atoms with van der Waals surface area (Å²) in [6.07, 6.45) is 3.76. The van der Waals surface area contributed by atoms with Gasteiger partial charge in [-0.3, -0.25) is 9.78 Å². The molecule has 1 aliphatic heterocycles. The number of pyridine rings is 1. The zero-order valence-electron chi connectivity index (χ0n) is 13.0. The molecule has 0 spiro atoms. The second-order valence-corrected chi connectivity index (χ2v) is 6.04. The molecule has 1 fully saturated rings. The second kappa shape index (κ2) is 6.54. The van der Waals surface area contributed by atoms with Crippen LogP contribution < -0.4 is 0 Å². The number of hydrogen-bond acceptors (Lipinski definition) is 4. The monoisotopic (exact) mass is 292 g/mol. The minimum atomic E-state index is -0.833. The SMILES string of the molecule is CCOC(C)(C)C(=O)N1C[C@@H](Cc2ccncc2)[C@@H](O)C1. The normalized spacial score (nSPS) is 22.6. The Morgan fingerprint density at radius 3 is 2.71 bits per heavy atom. The van der Waals surface area contributed by atoms with Crippen molar-refractivity contribution in [3.8, 4) is 0 Å². The van der Waals surface area contributed by atoms with E-state index in [0.29, 0.717) is 19.7 Å². The van der Waals surface area contributed by atoms with E-state index in [1.807, 2.05) is 19.1 Å². The number of nitrogens with zero attached hydrogens (tertiary/aromatic N) is 2. The van der Waals surface area contributed by atoms with Crippen molar-refractivity contribution in [3.63, 3.8) is 0 Å². The maximum Gasteiger partial charge on any atom is 0.254 e. The van der Waals surface area contributed by atoms with Gasteiger partial charge in [0.25, 0.3) is 5.91 Å². The number of aromatic nitrogens is 1.